The van der Waals surface area contributed by atoms with Crippen LogP contribution in [0.15, 0.2) is 17.6 Å². The number of carbonyl (C=O) groups is 1. The van der Waals surface area contributed by atoms with Crippen LogP contribution in [0.4, 0.5) is 0 Å². The molecule has 0 aliphatic carbocycles. The number of rotatable bonds is 3. The smallest absolute Gasteiger partial charge is 0.280 e. The standard InChI is InChI=1S/C9H12ClN3O3S/c10-17(15,16)8-5-12(7-11-8)6-9(14)13-3-1-2-4-13/h5,7H,1-4,6H2. The van der Waals surface area contributed by atoms with Crippen molar-refractivity contribution in [2.75, 3.05) is 13.1 Å². The van der Waals surface area contributed by atoms with Crippen LogP contribution < -0.4 is 0 Å². The summed E-state index contributed by atoms with van der Waals surface area (Å²) in [6.45, 7) is 1.64. The highest BCUT2D eigenvalue weighted by Gasteiger charge is 2.19. The summed E-state index contributed by atoms with van der Waals surface area (Å²) in [6.07, 6.45) is 4.60. The second-order valence-corrected chi connectivity index (χ2v) is 6.42. The van der Waals surface area contributed by atoms with Gasteiger partial charge in [-0.3, -0.25) is 4.79 Å². The molecule has 2 rings (SSSR count). The second-order valence-electron chi connectivity index (χ2n) is 3.91. The van der Waals surface area contributed by atoms with E-state index in [9.17, 15) is 13.2 Å². The zero-order valence-electron chi connectivity index (χ0n) is 9.04. The van der Waals surface area contributed by atoms with E-state index in [0.29, 0.717) is 0 Å². The lowest BCUT2D eigenvalue weighted by atomic mass is 10.4. The lowest BCUT2D eigenvalue weighted by Gasteiger charge is -2.14. The van der Waals surface area contributed by atoms with E-state index in [0.717, 1.165) is 25.9 Å². The molecule has 0 N–H and O–H groups in total. The van der Waals surface area contributed by atoms with Gasteiger partial charge in [-0.15, -0.1) is 0 Å². The fraction of sp³-hybridized carbons (Fsp3) is 0.556. The van der Waals surface area contributed by atoms with Crippen LogP contribution in [0, 0.1) is 0 Å². The number of aromatic nitrogens is 2. The third-order valence-corrected chi connectivity index (χ3v) is 3.82. The van der Waals surface area contributed by atoms with Gasteiger partial charge in [-0.05, 0) is 12.8 Å². The number of likely N-dealkylation sites (tertiary alicyclic amines) is 1. The fourth-order valence-electron chi connectivity index (χ4n) is 1.77. The van der Waals surface area contributed by atoms with Gasteiger partial charge in [0.15, 0.2) is 5.03 Å². The Bertz CT molecular complexity index is 519. The molecule has 1 fully saturated rings. The van der Waals surface area contributed by atoms with E-state index < -0.39 is 9.05 Å². The molecule has 6 nitrogen and oxygen atoms in total. The van der Waals surface area contributed by atoms with Gasteiger partial charge < -0.3 is 9.47 Å². The van der Waals surface area contributed by atoms with Crippen LogP contribution in [-0.2, 0) is 20.4 Å². The van der Waals surface area contributed by atoms with E-state index >= 15 is 0 Å². The number of halogens is 1. The Labute approximate surface area is 104 Å². The molecule has 17 heavy (non-hydrogen) atoms. The van der Waals surface area contributed by atoms with Crippen LogP contribution in [0.2, 0.25) is 0 Å². The summed E-state index contributed by atoms with van der Waals surface area (Å²) in [5, 5.41) is -0.228. The monoisotopic (exact) mass is 277 g/mol. The van der Waals surface area contributed by atoms with Crippen molar-refractivity contribution in [3.63, 3.8) is 0 Å². The molecule has 1 aromatic rings. The molecule has 94 valence electrons. The van der Waals surface area contributed by atoms with Gasteiger partial charge in [0, 0.05) is 30.0 Å². The SMILES string of the molecule is O=C(Cn1cnc(S(=O)(=O)Cl)c1)N1CCCC1. The van der Waals surface area contributed by atoms with Crippen molar-refractivity contribution in [3.05, 3.63) is 12.5 Å². The van der Waals surface area contributed by atoms with E-state index in [1.54, 1.807) is 4.90 Å². The maximum atomic E-state index is 11.8. The minimum absolute atomic E-state index is 0.0292. The van der Waals surface area contributed by atoms with Crippen LogP contribution in [0.3, 0.4) is 0 Å². The Morgan fingerprint density at radius 1 is 1.41 bits per heavy atom. The molecule has 2 heterocycles. The van der Waals surface area contributed by atoms with Crippen LogP contribution in [0.5, 0.6) is 0 Å². The molecule has 0 aromatic carbocycles. The molecule has 1 aliphatic heterocycles. The predicted octanol–water partition coefficient (Wildman–Crippen LogP) is 0.433. The number of hydrogen-bond donors (Lipinski definition) is 0. The van der Waals surface area contributed by atoms with Crippen molar-refractivity contribution in [2.45, 2.75) is 24.4 Å². The largest absolute Gasteiger partial charge is 0.341 e. The molecule has 1 aromatic heterocycles. The van der Waals surface area contributed by atoms with Crippen molar-refractivity contribution >= 4 is 25.6 Å². The topological polar surface area (TPSA) is 72.3 Å². The molecular formula is C9H12ClN3O3S. The molecule has 0 atom stereocenters. The Hall–Kier alpha value is -1.08. The van der Waals surface area contributed by atoms with E-state index in [2.05, 4.69) is 4.98 Å². The van der Waals surface area contributed by atoms with Gasteiger partial charge in [0.2, 0.25) is 5.91 Å². The first-order valence-electron chi connectivity index (χ1n) is 5.21. The predicted molar refractivity (Wildman–Crippen MR) is 61.1 cm³/mol. The molecule has 0 bridgehead atoms. The van der Waals surface area contributed by atoms with Crippen LogP contribution in [-0.4, -0.2) is 41.9 Å². The van der Waals surface area contributed by atoms with E-state index in [4.69, 9.17) is 10.7 Å². The van der Waals surface area contributed by atoms with Gasteiger partial charge in [0.25, 0.3) is 9.05 Å². The Morgan fingerprint density at radius 2 is 2.06 bits per heavy atom. The van der Waals surface area contributed by atoms with Crippen LogP contribution in [0.1, 0.15) is 12.8 Å². The maximum absolute atomic E-state index is 11.8. The molecule has 0 unspecified atom stereocenters. The molecule has 1 amide bonds. The number of hydrogen-bond acceptors (Lipinski definition) is 4. The van der Waals surface area contributed by atoms with Gasteiger partial charge in [-0.25, -0.2) is 13.4 Å². The highest BCUT2D eigenvalue weighted by Crippen LogP contribution is 2.12. The summed E-state index contributed by atoms with van der Waals surface area (Å²) in [5.74, 6) is -0.0292. The van der Waals surface area contributed by atoms with E-state index in [1.807, 2.05) is 0 Å². The highest BCUT2D eigenvalue weighted by atomic mass is 35.7. The van der Waals surface area contributed by atoms with Crippen molar-refractivity contribution in [3.8, 4) is 0 Å². The zero-order chi connectivity index (χ0) is 12.5. The first kappa shape index (κ1) is 12.4. The summed E-state index contributed by atoms with van der Waals surface area (Å²) in [5.41, 5.74) is 0. The molecular weight excluding hydrogens is 266 g/mol. The Morgan fingerprint density at radius 3 is 2.59 bits per heavy atom. The van der Waals surface area contributed by atoms with Gasteiger partial charge in [0.05, 0.1) is 6.33 Å². The van der Waals surface area contributed by atoms with Crippen molar-refractivity contribution in [2.24, 2.45) is 0 Å². The van der Waals surface area contributed by atoms with Gasteiger partial charge in [-0.1, -0.05) is 0 Å². The normalized spacial score (nSPS) is 16.4. The molecule has 1 aliphatic rings. The molecule has 8 heteroatoms. The molecule has 0 radical (unpaired) electrons. The summed E-state index contributed by atoms with van der Waals surface area (Å²) in [7, 11) is 1.32. The quantitative estimate of drug-likeness (QED) is 0.751. The van der Waals surface area contributed by atoms with E-state index in [1.165, 1.54) is 17.1 Å². The summed E-state index contributed by atoms with van der Waals surface area (Å²) >= 11 is 0. The number of carbonyl (C=O) groups excluding carboxylic acids is 1. The van der Waals surface area contributed by atoms with Crippen LogP contribution in [0.25, 0.3) is 0 Å². The first-order chi connectivity index (χ1) is 7.97. The zero-order valence-corrected chi connectivity index (χ0v) is 10.6. The van der Waals surface area contributed by atoms with Crippen molar-refractivity contribution < 1.29 is 13.2 Å². The Kier molecular flexibility index (Phi) is 3.39. The lowest BCUT2D eigenvalue weighted by molar-refractivity contribution is -0.130. The maximum Gasteiger partial charge on any atom is 0.280 e. The van der Waals surface area contributed by atoms with Gasteiger partial charge >= 0.3 is 0 Å². The van der Waals surface area contributed by atoms with E-state index in [-0.39, 0.29) is 17.5 Å². The molecule has 0 saturated carbocycles. The average Bonchev–Trinajstić information content (AvgIpc) is 2.85. The minimum Gasteiger partial charge on any atom is -0.341 e. The lowest BCUT2D eigenvalue weighted by Crippen LogP contribution is -2.30. The summed E-state index contributed by atoms with van der Waals surface area (Å²) in [6, 6.07) is 0. The first-order valence-corrected chi connectivity index (χ1v) is 7.52. The minimum atomic E-state index is -3.82. The third kappa shape index (κ3) is 2.98. The van der Waals surface area contributed by atoms with Gasteiger partial charge in [-0.2, -0.15) is 0 Å². The number of nitrogens with zero attached hydrogens (tertiary/aromatic N) is 3. The third-order valence-electron chi connectivity index (χ3n) is 2.64. The van der Waals surface area contributed by atoms with Crippen molar-refractivity contribution in [1.82, 2.24) is 14.5 Å². The Balaban J connectivity index is 2.04. The van der Waals surface area contributed by atoms with Gasteiger partial charge in [0.1, 0.15) is 6.54 Å². The second kappa shape index (κ2) is 4.66. The summed E-state index contributed by atoms with van der Waals surface area (Å²) in [4.78, 5) is 17.2. The summed E-state index contributed by atoms with van der Waals surface area (Å²) < 4.78 is 23.4. The molecule has 1 saturated heterocycles. The fourth-order valence-corrected chi connectivity index (χ4v) is 2.45. The molecule has 0 spiro atoms. The van der Waals surface area contributed by atoms with Crippen molar-refractivity contribution in [1.29, 1.82) is 0 Å². The number of amides is 1. The highest BCUT2D eigenvalue weighted by molar-refractivity contribution is 8.13. The average molecular weight is 278 g/mol. The van der Waals surface area contributed by atoms with Crippen LogP contribution >= 0.6 is 10.7 Å². The number of imidazole rings is 1.